The molecule has 0 aliphatic rings. The number of carbonyl (C=O) groups is 1. The van der Waals surface area contributed by atoms with Gasteiger partial charge in [-0.2, -0.15) is 4.31 Å². The third kappa shape index (κ3) is 4.98. The van der Waals surface area contributed by atoms with Crippen molar-refractivity contribution in [3.63, 3.8) is 0 Å². The molecule has 0 saturated heterocycles. The summed E-state index contributed by atoms with van der Waals surface area (Å²) < 4.78 is 31.2. The lowest BCUT2D eigenvalue weighted by Crippen LogP contribution is -2.42. The number of amides is 1. The number of sulfonamides is 1. The van der Waals surface area contributed by atoms with E-state index in [1.165, 1.54) is 12.1 Å². The zero-order valence-corrected chi connectivity index (χ0v) is 14.4. The molecular weight excluding hydrogens is 362 g/mol. The molecule has 0 radical (unpaired) electrons. The van der Waals surface area contributed by atoms with E-state index in [4.69, 9.17) is 9.84 Å². The first-order valence-electron chi connectivity index (χ1n) is 6.20. The number of nitrogens with zero attached hydrogens (tertiary/aromatic N) is 1. The van der Waals surface area contributed by atoms with Gasteiger partial charge in [0.2, 0.25) is 0 Å². The molecule has 1 amide bonds. The van der Waals surface area contributed by atoms with Crippen molar-refractivity contribution in [2.45, 2.75) is 31.3 Å². The molecule has 1 rings (SSSR count). The molecule has 0 saturated carbocycles. The second-order valence-electron chi connectivity index (χ2n) is 5.24. The highest BCUT2D eigenvalue weighted by atomic mass is 79.9. The van der Waals surface area contributed by atoms with Crippen LogP contribution in [0.1, 0.15) is 20.8 Å². The van der Waals surface area contributed by atoms with E-state index in [0.717, 1.165) is 0 Å². The van der Waals surface area contributed by atoms with E-state index in [2.05, 4.69) is 15.9 Å². The fourth-order valence-electron chi connectivity index (χ4n) is 1.45. The van der Waals surface area contributed by atoms with Crippen molar-refractivity contribution < 1.29 is 23.1 Å². The Balaban J connectivity index is 3.14. The molecule has 8 heteroatoms. The molecule has 1 N–H and O–H groups in total. The predicted octanol–water partition coefficient (Wildman–Crippen LogP) is 2.37. The lowest BCUT2D eigenvalue weighted by molar-refractivity contribution is 0.0371. The summed E-state index contributed by atoms with van der Waals surface area (Å²) in [5, 5.41) is 9.02. The number of carbonyl (C=O) groups excluding carboxylic acids is 1. The minimum atomic E-state index is -4.07. The standard InChI is InChI=1S/C13H18BrNO5S/c1-13(2,3)20-12(17)15(8-9-16)21(18,19)11-6-4-10(14)5-7-11/h4-7,16H,8-9H2,1-3H3. The van der Waals surface area contributed by atoms with Crippen molar-refractivity contribution in [3.8, 4) is 0 Å². The summed E-state index contributed by atoms with van der Waals surface area (Å²) in [4.78, 5) is 12.0. The molecule has 0 aliphatic heterocycles. The molecule has 0 unspecified atom stereocenters. The predicted molar refractivity (Wildman–Crippen MR) is 81.4 cm³/mol. The van der Waals surface area contributed by atoms with Crippen LogP contribution in [-0.2, 0) is 14.8 Å². The van der Waals surface area contributed by atoms with E-state index in [1.807, 2.05) is 0 Å². The van der Waals surface area contributed by atoms with Gasteiger partial charge in [0.1, 0.15) is 5.60 Å². The van der Waals surface area contributed by atoms with Gasteiger partial charge < -0.3 is 9.84 Å². The number of hydrogen-bond donors (Lipinski definition) is 1. The summed E-state index contributed by atoms with van der Waals surface area (Å²) in [5.41, 5.74) is -0.833. The van der Waals surface area contributed by atoms with Gasteiger partial charge in [-0.05, 0) is 45.0 Å². The van der Waals surface area contributed by atoms with Gasteiger partial charge in [0, 0.05) is 4.47 Å². The highest BCUT2D eigenvalue weighted by Gasteiger charge is 2.32. The SMILES string of the molecule is CC(C)(C)OC(=O)N(CCO)S(=O)(=O)c1ccc(Br)cc1. The first kappa shape index (κ1) is 17.9. The van der Waals surface area contributed by atoms with Gasteiger partial charge in [-0.1, -0.05) is 15.9 Å². The zero-order valence-electron chi connectivity index (χ0n) is 12.0. The van der Waals surface area contributed by atoms with Crippen LogP contribution < -0.4 is 0 Å². The van der Waals surface area contributed by atoms with Crippen molar-refractivity contribution in [1.29, 1.82) is 0 Å². The van der Waals surface area contributed by atoms with Gasteiger partial charge in [-0.3, -0.25) is 0 Å². The van der Waals surface area contributed by atoms with Gasteiger partial charge in [0.25, 0.3) is 10.0 Å². The van der Waals surface area contributed by atoms with Crippen LogP contribution in [0.4, 0.5) is 4.79 Å². The molecule has 1 aromatic rings. The summed E-state index contributed by atoms with van der Waals surface area (Å²) >= 11 is 3.21. The smallest absolute Gasteiger partial charge is 0.424 e. The van der Waals surface area contributed by atoms with E-state index < -0.39 is 28.3 Å². The maximum absolute atomic E-state index is 12.5. The van der Waals surface area contributed by atoms with Gasteiger partial charge in [-0.15, -0.1) is 0 Å². The molecule has 0 bridgehead atoms. The number of hydrogen-bond acceptors (Lipinski definition) is 5. The Hall–Kier alpha value is -1.12. The molecule has 1 aromatic carbocycles. The molecule has 0 aromatic heterocycles. The van der Waals surface area contributed by atoms with E-state index in [0.29, 0.717) is 8.78 Å². The Bertz CT molecular complexity index is 592. The Labute approximate surface area is 132 Å². The van der Waals surface area contributed by atoms with Crippen LogP contribution in [-0.4, -0.2) is 42.7 Å². The van der Waals surface area contributed by atoms with Crippen LogP contribution in [0.25, 0.3) is 0 Å². The minimum Gasteiger partial charge on any atom is -0.443 e. The molecular formula is C13H18BrNO5S. The van der Waals surface area contributed by atoms with Gasteiger partial charge in [-0.25, -0.2) is 13.2 Å². The summed E-state index contributed by atoms with van der Waals surface area (Å²) in [6, 6.07) is 5.85. The second-order valence-corrected chi connectivity index (χ2v) is 8.01. The largest absolute Gasteiger partial charge is 0.443 e. The number of halogens is 1. The highest BCUT2D eigenvalue weighted by Crippen LogP contribution is 2.21. The normalized spacial score (nSPS) is 12.0. The fourth-order valence-corrected chi connectivity index (χ4v) is 3.00. The van der Waals surface area contributed by atoms with Crippen LogP contribution >= 0.6 is 15.9 Å². The monoisotopic (exact) mass is 379 g/mol. The third-order valence-corrected chi connectivity index (χ3v) is 4.61. The van der Waals surface area contributed by atoms with Gasteiger partial charge in [0.15, 0.2) is 0 Å². The van der Waals surface area contributed by atoms with Crippen LogP contribution in [0.15, 0.2) is 33.6 Å². The van der Waals surface area contributed by atoms with Crippen molar-refractivity contribution in [1.82, 2.24) is 4.31 Å². The number of ether oxygens (including phenoxy) is 1. The van der Waals surface area contributed by atoms with Crippen LogP contribution in [0.3, 0.4) is 0 Å². The molecule has 118 valence electrons. The average molecular weight is 380 g/mol. The molecule has 0 fully saturated rings. The summed E-state index contributed by atoms with van der Waals surface area (Å²) in [6.07, 6.45) is -1.01. The first-order valence-corrected chi connectivity index (χ1v) is 8.43. The lowest BCUT2D eigenvalue weighted by Gasteiger charge is -2.26. The molecule has 0 spiro atoms. The Morgan fingerprint density at radius 2 is 1.81 bits per heavy atom. The topological polar surface area (TPSA) is 83.9 Å². The quantitative estimate of drug-likeness (QED) is 0.867. The van der Waals surface area contributed by atoms with Crippen molar-refractivity contribution in [2.75, 3.05) is 13.2 Å². The van der Waals surface area contributed by atoms with E-state index >= 15 is 0 Å². The number of benzene rings is 1. The molecule has 0 aliphatic carbocycles. The van der Waals surface area contributed by atoms with Crippen molar-refractivity contribution >= 4 is 32.0 Å². The molecule has 6 nitrogen and oxygen atoms in total. The molecule has 0 heterocycles. The highest BCUT2D eigenvalue weighted by molar-refractivity contribution is 9.10. The Morgan fingerprint density at radius 3 is 2.24 bits per heavy atom. The number of aliphatic hydroxyl groups is 1. The molecule has 21 heavy (non-hydrogen) atoms. The lowest BCUT2D eigenvalue weighted by atomic mass is 10.2. The van der Waals surface area contributed by atoms with Crippen molar-refractivity contribution in [2.24, 2.45) is 0 Å². The number of aliphatic hydroxyl groups excluding tert-OH is 1. The number of rotatable bonds is 4. The fraction of sp³-hybridized carbons (Fsp3) is 0.462. The van der Waals surface area contributed by atoms with Gasteiger partial charge in [0.05, 0.1) is 18.0 Å². The minimum absolute atomic E-state index is 0.0509. The van der Waals surface area contributed by atoms with Gasteiger partial charge >= 0.3 is 6.09 Å². The van der Waals surface area contributed by atoms with Crippen LogP contribution in [0.2, 0.25) is 0 Å². The van der Waals surface area contributed by atoms with Crippen molar-refractivity contribution in [3.05, 3.63) is 28.7 Å². The first-order chi connectivity index (χ1) is 9.58. The Kier molecular flexibility index (Phi) is 5.77. The second kappa shape index (κ2) is 6.76. The van der Waals surface area contributed by atoms with Crippen LogP contribution in [0.5, 0.6) is 0 Å². The Morgan fingerprint density at radius 1 is 1.29 bits per heavy atom. The van der Waals surface area contributed by atoms with Crippen LogP contribution in [0, 0.1) is 0 Å². The van der Waals surface area contributed by atoms with E-state index in [9.17, 15) is 13.2 Å². The van der Waals surface area contributed by atoms with E-state index in [-0.39, 0.29) is 11.4 Å². The summed E-state index contributed by atoms with van der Waals surface area (Å²) in [5.74, 6) is 0. The maximum Gasteiger partial charge on any atom is 0.424 e. The summed E-state index contributed by atoms with van der Waals surface area (Å²) in [7, 11) is -4.07. The summed E-state index contributed by atoms with van der Waals surface area (Å²) in [6.45, 7) is 4.04. The maximum atomic E-state index is 12.5. The third-order valence-electron chi connectivity index (χ3n) is 2.30. The zero-order chi connectivity index (χ0) is 16.3. The average Bonchev–Trinajstić information content (AvgIpc) is 2.34. The van der Waals surface area contributed by atoms with E-state index in [1.54, 1.807) is 32.9 Å². The molecule has 0 atom stereocenters.